The number of hydrogen-bond donors (Lipinski definition) is 2. The molecule has 0 unspecified atom stereocenters. The lowest BCUT2D eigenvalue weighted by atomic mass is 10.3. The normalized spacial score (nSPS) is 14.7. The van der Waals surface area contributed by atoms with Crippen LogP contribution in [0.4, 0.5) is 10.1 Å². The molecule has 1 fully saturated rings. The van der Waals surface area contributed by atoms with E-state index in [1.165, 1.54) is 31.0 Å². The summed E-state index contributed by atoms with van der Waals surface area (Å²) in [5.74, 6) is -0.532. The van der Waals surface area contributed by atoms with Crippen LogP contribution in [-0.4, -0.2) is 18.5 Å². The first-order valence-corrected chi connectivity index (χ1v) is 6.01. The fourth-order valence-corrected chi connectivity index (χ4v) is 1.70. The van der Waals surface area contributed by atoms with Crippen molar-refractivity contribution in [1.82, 2.24) is 5.32 Å². The quantitative estimate of drug-likeness (QED) is 0.850. The van der Waals surface area contributed by atoms with Gasteiger partial charge in [0.05, 0.1) is 10.7 Å². The predicted octanol–water partition coefficient (Wildman–Crippen LogP) is 2.56. The third-order valence-corrected chi connectivity index (χ3v) is 2.88. The molecule has 0 saturated heterocycles. The van der Waals surface area contributed by atoms with E-state index in [0.29, 0.717) is 24.7 Å². The highest BCUT2D eigenvalue weighted by molar-refractivity contribution is 6.33. The smallest absolute Gasteiger partial charge is 0.225 e. The molecule has 17 heavy (non-hydrogen) atoms. The Kier molecular flexibility index (Phi) is 3.97. The van der Waals surface area contributed by atoms with Crippen molar-refractivity contribution in [3.63, 3.8) is 0 Å². The van der Waals surface area contributed by atoms with Crippen LogP contribution in [0.1, 0.15) is 19.3 Å². The minimum absolute atomic E-state index is 0.119. The second-order valence-corrected chi connectivity index (χ2v) is 4.56. The number of amides is 1. The van der Waals surface area contributed by atoms with Crippen molar-refractivity contribution in [3.05, 3.63) is 29.0 Å². The van der Waals surface area contributed by atoms with E-state index in [-0.39, 0.29) is 10.9 Å². The van der Waals surface area contributed by atoms with E-state index in [4.69, 9.17) is 11.6 Å². The van der Waals surface area contributed by atoms with Gasteiger partial charge in [0.1, 0.15) is 5.82 Å². The summed E-state index contributed by atoms with van der Waals surface area (Å²) in [4.78, 5) is 11.5. The number of carbonyl (C=O) groups is 1. The SMILES string of the molecule is O=C(CCNC1CC1)Nc1ccc(F)cc1Cl. The first kappa shape index (κ1) is 12.3. The third kappa shape index (κ3) is 3.98. The molecule has 1 aliphatic carbocycles. The lowest BCUT2D eigenvalue weighted by molar-refractivity contribution is -0.116. The Morgan fingerprint density at radius 3 is 2.88 bits per heavy atom. The molecular formula is C12H14ClFN2O. The topological polar surface area (TPSA) is 41.1 Å². The van der Waals surface area contributed by atoms with Crippen LogP contribution in [-0.2, 0) is 4.79 Å². The van der Waals surface area contributed by atoms with Crippen LogP contribution in [0.15, 0.2) is 18.2 Å². The van der Waals surface area contributed by atoms with Gasteiger partial charge in [0.25, 0.3) is 0 Å². The van der Waals surface area contributed by atoms with Crippen LogP contribution in [0.2, 0.25) is 5.02 Å². The van der Waals surface area contributed by atoms with Gasteiger partial charge in [0.15, 0.2) is 0 Å². The van der Waals surface area contributed by atoms with Crippen LogP contribution >= 0.6 is 11.6 Å². The van der Waals surface area contributed by atoms with E-state index in [0.717, 1.165) is 0 Å². The lowest BCUT2D eigenvalue weighted by Gasteiger charge is -2.07. The number of nitrogens with one attached hydrogen (secondary N) is 2. The van der Waals surface area contributed by atoms with Crippen LogP contribution in [0, 0.1) is 5.82 Å². The number of anilines is 1. The molecule has 0 heterocycles. The fourth-order valence-electron chi connectivity index (χ4n) is 1.48. The van der Waals surface area contributed by atoms with E-state index in [1.807, 2.05) is 0 Å². The molecule has 92 valence electrons. The maximum atomic E-state index is 12.8. The molecule has 2 rings (SSSR count). The largest absolute Gasteiger partial charge is 0.325 e. The molecule has 0 bridgehead atoms. The van der Waals surface area contributed by atoms with Crippen molar-refractivity contribution < 1.29 is 9.18 Å². The highest BCUT2D eigenvalue weighted by atomic mass is 35.5. The van der Waals surface area contributed by atoms with Crippen molar-refractivity contribution in [2.45, 2.75) is 25.3 Å². The van der Waals surface area contributed by atoms with Crippen molar-refractivity contribution in [2.75, 3.05) is 11.9 Å². The molecule has 1 aromatic rings. The van der Waals surface area contributed by atoms with Crippen molar-refractivity contribution in [3.8, 4) is 0 Å². The molecule has 1 aromatic carbocycles. The van der Waals surface area contributed by atoms with Gasteiger partial charge in [0.2, 0.25) is 5.91 Å². The monoisotopic (exact) mass is 256 g/mol. The molecule has 0 radical (unpaired) electrons. The molecule has 1 saturated carbocycles. The first-order chi connectivity index (χ1) is 8.15. The van der Waals surface area contributed by atoms with Gasteiger partial charge in [-0.2, -0.15) is 0 Å². The zero-order valence-corrected chi connectivity index (χ0v) is 10.1. The molecule has 2 N–H and O–H groups in total. The molecule has 0 aliphatic heterocycles. The summed E-state index contributed by atoms with van der Waals surface area (Å²) in [6.45, 7) is 0.662. The Balaban J connectivity index is 1.79. The average Bonchev–Trinajstić information content (AvgIpc) is 3.06. The van der Waals surface area contributed by atoms with Crippen LogP contribution in [0.25, 0.3) is 0 Å². The van der Waals surface area contributed by atoms with Gasteiger partial charge < -0.3 is 10.6 Å². The fraction of sp³-hybridized carbons (Fsp3) is 0.417. The van der Waals surface area contributed by atoms with Gasteiger partial charge in [-0.1, -0.05) is 11.6 Å². The summed E-state index contributed by atoms with van der Waals surface area (Å²) in [5.41, 5.74) is 0.449. The van der Waals surface area contributed by atoms with E-state index in [9.17, 15) is 9.18 Å². The summed E-state index contributed by atoms with van der Waals surface area (Å²) < 4.78 is 12.8. The zero-order valence-electron chi connectivity index (χ0n) is 9.30. The van der Waals surface area contributed by atoms with Gasteiger partial charge in [-0.25, -0.2) is 4.39 Å². The maximum absolute atomic E-state index is 12.8. The summed E-state index contributed by atoms with van der Waals surface area (Å²) >= 11 is 5.80. The summed E-state index contributed by atoms with van der Waals surface area (Å²) in [6.07, 6.45) is 2.79. The highest BCUT2D eigenvalue weighted by Gasteiger charge is 2.20. The molecule has 1 aliphatic rings. The second kappa shape index (κ2) is 5.47. The Bertz CT molecular complexity index is 421. The van der Waals surface area contributed by atoms with E-state index in [2.05, 4.69) is 10.6 Å². The zero-order chi connectivity index (χ0) is 12.3. The van der Waals surface area contributed by atoms with Gasteiger partial charge in [-0.3, -0.25) is 4.79 Å². The lowest BCUT2D eigenvalue weighted by Crippen LogP contribution is -2.23. The average molecular weight is 257 g/mol. The molecule has 3 nitrogen and oxygen atoms in total. The molecule has 0 atom stereocenters. The molecule has 0 aromatic heterocycles. The van der Waals surface area contributed by atoms with Crippen molar-refractivity contribution in [2.24, 2.45) is 0 Å². The minimum atomic E-state index is -0.414. The summed E-state index contributed by atoms with van der Waals surface area (Å²) in [5, 5.41) is 6.11. The third-order valence-electron chi connectivity index (χ3n) is 2.57. The molecular weight excluding hydrogens is 243 g/mol. The van der Waals surface area contributed by atoms with Crippen LogP contribution < -0.4 is 10.6 Å². The standard InChI is InChI=1S/C12H14ClFN2O/c13-10-7-8(14)1-4-11(10)16-12(17)5-6-15-9-2-3-9/h1,4,7,9,15H,2-3,5-6H2,(H,16,17). The van der Waals surface area contributed by atoms with Crippen LogP contribution in [0.5, 0.6) is 0 Å². The molecule has 1 amide bonds. The Morgan fingerprint density at radius 2 is 2.24 bits per heavy atom. The minimum Gasteiger partial charge on any atom is -0.325 e. The Morgan fingerprint density at radius 1 is 1.47 bits per heavy atom. The van der Waals surface area contributed by atoms with Gasteiger partial charge >= 0.3 is 0 Å². The van der Waals surface area contributed by atoms with Gasteiger partial charge in [-0.05, 0) is 31.0 Å². The van der Waals surface area contributed by atoms with E-state index >= 15 is 0 Å². The highest BCUT2D eigenvalue weighted by Crippen LogP contribution is 2.22. The summed E-state index contributed by atoms with van der Waals surface area (Å²) in [7, 11) is 0. The van der Waals surface area contributed by atoms with Crippen molar-refractivity contribution >= 4 is 23.2 Å². The number of benzene rings is 1. The number of carbonyl (C=O) groups excluding carboxylic acids is 1. The Labute approximate surface area is 104 Å². The number of rotatable bonds is 5. The van der Waals surface area contributed by atoms with Gasteiger partial charge in [0, 0.05) is 19.0 Å². The van der Waals surface area contributed by atoms with Crippen molar-refractivity contribution in [1.29, 1.82) is 0 Å². The number of halogens is 2. The first-order valence-electron chi connectivity index (χ1n) is 5.63. The number of hydrogen-bond acceptors (Lipinski definition) is 2. The predicted molar refractivity (Wildman–Crippen MR) is 65.7 cm³/mol. The summed E-state index contributed by atoms with van der Waals surface area (Å²) in [6, 6.07) is 4.50. The molecule has 5 heteroatoms. The van der Waals surface area contributed by atoms with Crippen LogP contribution in [0.3, 0.4) is 0 Å². The van der Waals surface area contributed by atoms with E-state index < -0.39 is 5.82 Å². The van der Waals surface area contributed by atoms with E-state index in [1.54, 1.807) is 0 Å². The molecule has 0 spiro atoms. The maximum Gasteiger partial charge on any atom is 0.225 e. The second-order valence-electron chi connectivity index (χ2n) is 4.15. The van der Waals surface area contributed by atoms with Gasteiger partial charge in [-0.15, -0.1) is 0 Å². The Hall–Kier alpha value is -1.13.